The predicted molar refractivity (Wildman–Crippen MR) is 90.9 cm³/mol. The summed E-state index contributed by atoms with van der Waals surface area (Å²) in [6.45, 7) is 7.08. The Labute approximate surface area is 140 Å². The van der Waals surface area contributed by atoms with Crippen LogP contribution in [0.25, 0.3) is 0 Å². The molecule has 0 bridgehead atoms. The maximum atomic E-state index is 12.9. The van der Waals surface area contributed by atoms with E-state index in [0.717, 1.165) is 19.3 Å². The summed E-state index contributed by atoms with van der Waals surface area (Å²) in [5.74, 6) is 2.61. The Morgan fingerprint density at radius 1 is 1.13 bits per heavy atom. The van der Waals surface area contributed by atoms with Crippen LogP contribution >= 0.6 is 0 Å². The zero-order valence-electron chi connectivity index (χ0n) is 14.9. The van der Waals surface area contributed by atoms with Crippen molar-refractivity contribution in [2.45, 2.75) is 72.1 Å². The molecule has 4 unspecified atom stereocenters. The minimum absolute atomic E-state index is 0.0226. The molecule has 0 aromatic heterocycles. The van der Waals surface area contributed by atoms with E-state index in [1.807, 2.05) is 0 Å². The molecule has 0 amide bonds. The zero-order chi connectivity index (χ0) is 16.4. The number of hydrogen-bond donors (Lipinski definition) is 0. The van der Waals surface area contributed by atoms with Gasteiger partial charge in [0, 0.05) is 25.2 Å². The second-order valence-corrected chi connectivity index (χ2v) is 9.12. The van der Waals surface area contributed by atoms with Crippen LogP contribution in [0.3, 0.4) is 0 Å². The first kappa shape index (κ1) is 15.6. The summed E-state index contributed by atoms with van der Waals surface area (Å²) in [5, 5.41) is 0. The van der Waals surface area contributed by atoms with Crippen molar-refractivity contribution in [3.05, 3.63) is 11.6 Å². The molecular formula is C21H30O2. The Bertz CT molecular complexity index is 589. The maximum Gasteiger partial charge on any atom is 0.137 e. The monoisotopic (exact) mass is 314 g/mol. The maximum absolute atomic E-state index is 12.9. The topological polar surface area (TPSA) is 34.1 Å². The fourth-order valence-corrected chi connectivity index (χ4v) is 7.04. The Morgan fingerprint density at radius 3 is 2.65 bits per heavy atom. The summed E-state index contributed by atoms with van der Waals surface area (Å²) in [6, 6.07) is 0. The van der Waals surface area contributed by atoms with E-state index < -0.39 is 0 Å². The molecule has 0 aromatic rings. The van der Waals surface area contributed by atoms with Crippen LogP contribution in [0, 0.1) is 34.5 Å². The molecule has 0 N–H and O–H groups in total. The van der Waals surface area contributed by atoms with E-state index >= 15 is 0 Å². The number of ketones is 2. The van der Waals surface area contributed by atoms with Gasteiger partial charge in [-0.25, -0.2) is 0 Å². The first-order valence-corrected chi connectivity index (χ1v) is 9.64. The highest BCUT2D eigenvalue weighted by Crippen LogP contribution is 2.65. The second-order valence-electron chi connectivity index (χ2n) is 9.12. The first-order valence-electron chi connectivity index (χ1n) is 9.64. The average Bonchev–Trinajstić information content (AvgIpc) is 2.86. The van der Waals surface area contributed by atoms with Gasteiger partial charge in [-0.3, -0.25) is 9.59 Å². The van der Waals surface area contributed by atoms with Crippen molar-refractivity contribution in [3.63, 3.8) is 0 Å². The molecule has 2 nitrogen and oxygen atoms in total. The molecule has 0 saturated heterocycles. The molecular weight excluding hydrogens is 284 g/mol. The van der Waals surface area contributed by atoms with Crippen LogP contribution in [-0.2, 0) is 9.59 Å². The summed E-state index contributed by atoms with van der Waals surface area (Å²) in [7, 11) is 0. The van der Waals surface area contributed by atoms with Gasteiger partial charge >= 0.3 is 0 Å². The van der Waals surface area contributed by atoms with Crippen molar-refractivity contribution in [2.24, 2.45) is 34.5 Å². The largest absolute Gasteiger partial charge is 0.300 e. The molecule has 126 valence electrons. The molecule has 0 spiro atoms. The summed E-state index contributed by atoms with van der Waals surface area (Å²) in [6.07, 6.45) is 10.3. The van der Waals surface area contributed by atoms with E-state index in [0.29, 0.717) is 47.6 Å². The van der Waals surface area contributed by atoms with E-state index in [1.54, 1.807) is 5.57 Å². The molecule has 0 aromatic carbocycles. The van der Waals surface area contributed by atoms with E-state index in [4.69, 9.17) is 0 Å². The van der Waals surface area contributed by atoms with Crippen LogP contribution in [0.2, 0.25) is 0 Å². The SMILES string of the molecule is CCC1=CCC2C3CC(=O)C4CC(=O)CC[C@]4(C)C3CC[C@]12C. The lowest BCUT2D eigenvalue weighted by Crippen LogP contribution is -2.56. The van der Waals surface area contributed by atoms with Gasteiger partial charge in [0.2, 0.25) is 0 Å². The van der Waals surface area contributed by atoms with Gasteiger partial charge in [0.25, 0.3) is 0 Å². The van der Waals surface area contributed by atoms with Crippen molar-refractivity contribution in [2.75, 3.05) is 0 Å². The quantitative estimate of drug-likeness (QED) is 0.656. The van der Waals surface area contributed by atoms with Gasteiger partial charge in [0.15, 0.2) is 0 Å². The number of hydrogen-bond acceptors (Lipinski definition) is 2. The second kappa shape index (κ2) is 5.04. The highest BCUT2D eigenvalue weighted by molar-refractivity contribution is 5.90. The van der Waals surface area contributed by atoms with Crippen molar-refractivity contribution in [1.29, 1.82) is 0 Å². The van der Waals surface area contributed by atoms with E-state index in [-0.39, 0.29) is 11.3 Å². The van der Waals surface area contributed by atoms with E-state index in [2.05, 4.69) is 26.8 Å². The smallest absolute Gasteiger partial charge is 0.137 e. The number of fused-ring (bicyclic) bond motifs is 5. The van der Waals surface area contributed by atoms with Crippen LogP contribution < -0.4 is 0 Å². The van der Waals surface area contributed by atoms with Gasteiger partial charge in [0.05, 0.1) is 0 Å². The molecule has 3 fully saturated rings. The Kier molecular flexibility index (Phi) is 3.42. The van der Waals surface area contributed by atoms with Crippen molar-refractivity contribution in [3.8, 4) is 0 Å². The lowest BCUT2D eigenvalue weighted by atomic mass is 9.44. The highest BCUT2D eigenvalue weighted by Gasteiger charge is 2.60. The minimum Gasteiger partial charge on any atom is -0.300 e. The Balaban J connectivity index is 1.68. The van der Waals surface area contributed by atoms with Crippen molar-refractivity contribution < 1.29 is 9.59 Å². The lowest BCUT2D eigenvalue weighted by molar-refractivity contribution is -0.156. The fraction of sp³-hybridized carbons (Fsp3) is 0.810. The Morgan fingerprint density at radius 2 is 1.91 bits per heavy atom. The van der Waals surface area contributed by atoms with Crippen molar-refractivity contribution in [1.82, 2.24) is 0 Å². The lowest BCUT2D eigenvalue weighted by Gasteiger charge is -2.59. The number of allylic oxidation sites excluding steroid dienone is 2. The van der Waals surface area contributed by atoms with Crippen molar-refractivity contribution >= 4 is 11.6 Å². The van der Waals surface area contributed by atoms with Crippen LogP contribution in [0.5, 0.6) is 0 Å². The van der Waals surface area contributed by atoms with Gasteiger partial charge in [0.1, 0.15) is 11.6 Å². The summed E-state index contributed by atoms with van der Waals surface area (Å²) in [4.78, 5) is 24.8. The van der Waals surface area contributed by atoms with Gasteiger partial charge in [-0.2, -0.15) is 0 Å². The summed E-state index contributed by atoms with van der Waals surface area (Å²) < 4.78 is 0. The normalized spacial score (nSPS) is 49.3. The number of carbonyl (C=O) groups is 2. The fourth-order valence-electron chi connectivity index (χ4n) is 7.04. The highest BCUT2D eigenvalue weighted by atomic mass is 16.1. The minimum atomic E-state index is 0.0226. The van der Waals surface area contributed by atoms with Gasteiger partial charge < -0.3 is 0 Å². The Hall–Kier alpha value is -0.920. The molecule has 4 aliphatic rings. The van der Waals surface area contributed by atoms with Gasteiger partial charge in [-0.1, -0.05) is 32.4 Å². The molecule has 6 atom stereocenters. The third-order valence-corrected chi connectivity index (χ3v) is 8.40. The van der Waals surface area contributed by atoms with Crippen LogP contribution in [0.15, 0.2) is 11.6 Å². The van der Waals surface area contributed by atoms with E-state index in [1.165, 1.54) is 19.3 Å². The molecule has 0 heterocycles. The molecule has 2 heteroatoms. The van der Waals surface area contributed by atoms with E-state index in [9.17, 15) is 9.59 Å². The predicted octanol–water partition coefficient (Wildman–Crippen LogP) is 4.72. The number of carbonyl (C=O) groups excluding carboxylic acids is 2. The van der Waals surface area contributed by atoms with Crippen LogP contribution in [0.1, 0.15) is 72.1 Å². The molecule has 23 heavy (non-hydrogen) atoms. The van der Waals surface area contributed by atoms with Crippen LogP contribution in [-0.4, -0.2) is 11.6 Å². The molecule has 3 saturated carbocycles. The number of rotatable bonds is 1. The zero-order valence-corrected chi connectivity index (χ0v) is 14.9. The van der Waals surface area contributed by atoms with Gasteiger partial charge in [-0.15, -0.1) is 0 Å². The summed E-state index contributed by atoms with van der Waals surface area (Å²) in [5.41, 5.74) is 2.06. The molecule has 4 aliphatic carbocycles. The standard InChI is InChI=1S/C21H30O2/c1-4-13-5-6-16-15-12-19(23)18-11-14(22)7-9-21(18,3)17(15)8-10-20(13,16)2/h5,15-18H,4,6-12H2,1-3H3/t15?,16?,17?,18?,20-,21-/m1/s1. The molecule has 4 rings (SSSR count). The third-order valence-electron chi connectivity index (χ3n) is 8.40. The molecule has 0 radical (unpaired) electrons. The van der Waals surface area contributed by atoms with Crippen LogP contribution in [0.4, 0.5) is 0 Å². The average molecular weight is 314 g/mol. The van der Waals surface area contributed by atoms with Gasteiger partial charge in [-0.05, 0) is 60.7 Å². The third kappa shape index (κ3) is 1.99. The first-order chi connectivity index (χ1) is 10.9. The number of Topliss-reactive ketones (excluding diaryl/α,β-unsaturated/α-hetero) is 2. The summed E-state index contributed by atoms with van der Waals surface area (Å²) >= 11 is 0. The molecule has 0 aliphatic heterocycles.